The number of anilines is 1. The fraction of sp³-hybridized carbons (Fsp3) is 0.423. The van der Waals surface area contributed by atoms with Crippen LogP contribution in [0.4, 0.5) is 5.69 Å². The summed E-state index contributed by atoms with van der Waals surface area (Å²) < 4.78 is 12.1. The standard InChI is InChI=1S/C26H28N2O3/c1-24(2,3)22-14-16-13-18(6-7-19(16)28-22)27-23(29)25(11-12-25)17-5-8-20-21(15-17)31-26(30-20)9-4-10-26/h5-8,13-15,28H,4,9-12H2,1-3H3,(H,27,29). The lowest BCUT2D eigenvalue weighted by Gasteiger charge is -2.35. The molecule has 1 aromatic heterocycles. The minimum atomic E-state index is -0.475. The lowest BCUT2D eigenvalue weighted by molar-refractivity contribution is -0.138. The Morgan fingerprint density at radius 1 is 0.968 bits per heavy atom. The molecule has 31 heavy (non-hydrogen) atoms. The summed E-state index contributed by atoms with van der Waals surface area (Å²) in [5.74, 6) is 1.18. The average Bonchev–Trinajstić information content (AvgIpc) is 3.23. The molecule has 0 saturated heterocycles. The van der Waals surface area contributed by atoms with Gasteiger partial charge in [-0.2, -0.15) is 0 Å². The zero-order valence-electron chi connectivity index (χ0n) is 18.3. The number of aromatic amines is 1. The van der Waals surface area contributed by atoms with Crippen molar-refractivity contribution in [3.05, 3.63) is 53.7 Å². The first-order chi connectivity index (χ1) is 14.8. The van der Waals surface area contributed by atoms with Gasteiger partial charge in [0.25, 0.3) is 5.79 Å². The average molecular weight is 417 g/mol. The van der Waals surface area contributed by atoms with Crippen molar-refractivity contribution in [1.29, 1.82) is 0 Å². The van der Waals surface area contributed by atoms with Crippen LogP contribution in [0.2, 0.25) is 0 Å². The number of carbonyl (C=O) groups excluding carboxylic acids is 1. The summed E-state index contributed by atoms with van der Waals surface area (Å²) in [6, 6.07) is 14.2. The molecule has 3 aromatic rings. The molecule has 2 saturated carbocycles. The lowest BCUT2D eigenvalue weighted by atomic mass is 9.91. The second-order valence-electron chi connectivity index (χ2n) is 10.4. The molecule has 6 rings (SSSR count). The largest absolute Gasteiger partial charge is 0.448 e. The molecule has 3 aliphatic rings. The predicted molar refractivity (Wildman–Crippen MR) is 121 cm³/mol. The molecule has 1 amide bonds. The Balaban J connectivity index is 1.24. The van der Waals surface area contributed by atoms with Crippen molar-refractivity contribution < 1.29 is 14.3 Å². The molecule has 2 heterocycles. The Bertz CT molecular complexity index is 1210. The summed E-state index contributed by atoms with van der Waals surface area (Å²) in [5, 5.41) is 4.28. The third-order valence-corrected chi connectivity index (χ3v) is 7.07. The van der Waals surface area contributed by atoms with Gasteiger partial charge in [-0.25, -0.2) is 0 Å². The third kappa shape index (κ3) is 2.93. The molecule has 0 unspecified atom stereocenters. The molecule has 160 valence electrons. The van der Waals surface area contributed by atoms with E-state index in [0.717, 1.165) is 65.8 Å². The second-order valence-corrected chi connectivity index (χ2v) is 10.4. The number of benzene rings is 2. The number of ether oxygens (including phenoxy) is 2. The summed E-state index contributed by atoms with van der Waals surface area (Å²) >= 11 is 0. The maximum Gasteiger partial charge on any atom is 0.251 e. The maximum absolute atomic E-state index is 13.3. The molecule has 2 aromatic carbocycles. The van der Waals surface area contributed by atoms with E-state index in [9.17, 15) is 4.79 Å². The molecular formula is C26H28N2O3. The van der Waals surface area contributed by atoms with Crippen LogP contribution in [0.5, 0.6) is 11.5 Å². The number of aromatic nitrogens is 1. The van der Waals surface area contributed by atoms with Gasteiger partial charge in [-0.1, -0.05) is 26.8 Å². The Morgan fingerprint density at radius 3 is 2.42 bits per heavy atom. The zero-order valence-corrected chi connectivity index (χ0v) is 18.3. The fourth-order valence-corrected chi connectivity index (χ4v) is 4.70. The van der Waals surface area contributed by atoms with E-state index in [1.54, 1.807) is 0 Å². The molecule has 2 N–H and O–H groups in total. The number of amides is 1. The highest BCUT2D eigenvalue weighted by atomic mass is 16.7. The molecule has 1 spiro atoms. The van der Waals surface area contributed by atoms with Gasteiger partial charge in [0.2, 0.25) is 5.91 Å². The van der Waals surface area contributed by atoms with Gasteiger partial charge in [-0.05, 0) is 61.2 Å². The molecule has 1 aliphatic heterocycles. The number of hydrogen-bond acceptors (Lipinski definition) is 3. The van der Waals surface area contributed by atoms with Gasteiger partial charge < -0.3 is 19.8 Å². The molecule has 5 nitrogen and oxygen atoms in total. The molecule has 2 fully saturated rings. The normalized spacial score (nSPS) is 20.0. The van der Waals surface area contributed by atoms with Crippen LogP contribution in [0.15, 0.2) is 42.5 Å². The number of carbonyl (C=O) groups is 1. The Morgan fingerprint density at radius 2 is 1.74 bits per heavy atom. The van der Waals surface area contributed by atoms with E-state index in [1.807, 2.05) is 30.3 Å². The summed E-state index contributed by atoms with van der Waals surface area (Å²) in [7, 11) is 0. The van der Waals surface area contributed by atoms with Gasteiger partial charge in [0.05, 0.1) is 5.41 Å². The van der Waals surface area contributed by atoms with Crippen molar-refractivity contribution in [3.63, 3.8) is 0 Å². The number of hydrogen-bond donors (Lipinski definition) is 2. The van der Waals surface area contributed by atoms with E-state index in [-0.39, 0.29) is 11.3 Å². The van der Waals surface area contributed by atoms with Crippen LogP contribution < -0.4 is 14.8 Å². The van der Waals surface area contributed by atoms with E-state index in [1.165, 1.54) is 5.69 Å². The van der Waals surface area contributed by atoms with Crippen molar-refractivity contribution in [2.45, 2.75) is 69.5 Å². The molecule has 0 bridgehead atoms. The summed E-state index contributed by atoms with van der Waals surface area (Å²) in [4.78, 5) is 16.8. The lowest BCUT2D eigenvalue weighted by Crippen LogP contribution is -2.45. The van der Waals surface area contributed by atoms with E-state index >= 15 is 0 Å². The van der Waals surface area contributed by atoms with Crippen molar-refractivity contribution in [2.24, 2.45) is 0 Å². The molecular weight excluding hydrogens is 388 g/mol. The highest BCUT2D eigenvalue weighted by molar-refractivity contribution is 6.02. The predicted octanol–water partition coefficient (Wildman–Crippen LogP) is 5.79. The molecule has 0 atom stereocenters. The molecule has 5 heteroatoms. The van der Waals surface area contributed by atoms with E-state index in [2.05, 4.69) is 43.2 Å². The smallest absolute Gasteiger partial charge is 0.251 e. The minimum absolute atomic E-state index is 0.0515. The van der Waals surface area contributed by atoms with Crippen LogP contribution in [0.1, 0.15) is 64.1 Å². The zero-order chi connectivity index (χ0) is 21.4. The minimum Gasteiger partial charge on any atom is -0.448 e. The van der Waals surface area contributed by atoms with E-state index in [4.69, 9.17) is 9.47 Å². The van der Waals surface area contributed by atoms with E-state index < -0.39 is 11.2 Å². The van der Waals surface area contributed by atoms with Gasteiger partial charge in [-0.3, -0.25) is 4.79 Å². The summed E-state index contributed by atoms with van der Waals surface area (Å²) in [6.07, 6.45) is 4.70. The van der Waals surface area contributed by atoms with Crippen molar-refractivity contribution in [3.8, 4) is 11.5 Å². The summed E-state index contributed by atoms with van der Waals surface area (Å²) in [5.41, 5.74) is 3.70. The fourth-order valence-electron chi connectivity index (χ4n) is 4.70. The van der Waals surface area contributed by atoms with Crippen molar-refractivity contribution >= 4 is 22.5 Å². The quantitative estimate of drug-likeness (QED) is 0.568. The third-order valence-electron chi connectivity index (χ3n) is 7.07. The maximum atomic E-state index is 13.3. The van der Waals surface area contributed by atoms with Crippen LogP contribution in [0.25, 0.3) is 10.9 Å². The summed E-state index contributed by atoms with van der Waals surface area (Å²) in [6.45, 7) is 6.57. The van der Waals surface area contributed by atoms with Gasteiger partial charge in [-0.15, -0.1) is 0 Å². The monoisotopic (exact) mass is 416 g/mol. The Hall–Kier alpha value is -2.95. The van der Waals surface area contributed by atoms with Crippen LogP contribution in [0.3, 0.4) is 0 Å². The number of fused-ring (bicyclic) bond motifs is 2. The van der Waals surface area contributed by atoms with Crippen LogP contribution in [-0.2, 0) is 15.6 Å². The van der Waals surface area contributed by atoms with Crippen LogP contribution in [-0.4, -0.2) is 16.7 Å². The van der Waals surface area contributed by atoms with Gasteiger partial charge in [0, 0.05) is 40.5 Å². The first-order valence-corrected chi connectivity index (χ1v) is 11.2. The van der Waals surface area contributed by atoms with Crippen LogP contribution >= 0.6 is 0 Å². The first kappa shape index (κ1) is 18.8. The number of H-pyrrole nitrogens is 1. The highest BCUT2D eigenvalue weighted by Crippen LogP contribution is 2.54. The van der Waals surface area contributed by atoms with Gasteiger partial charge in [0.1, 0.15) is 0 Å². The van der Waals surface area contributed by atoms with Crippen molar-refractivity contribution in [1.82, 2.24) is 4.98 Å². The van der Waals surface area contributed by atoms with E-state index in [0.29, 0.717) is 0 Å². The second kappa shape index (κ2) is 6.06. The van der Waals surface area contributed by atoms with Gasteiger partial charge in [0.15, 0.2) is 11.5 Å². The topological polar surface area (TPSA) is 63.4 Å². The highest BCUT2D eigenvalue weighted by Gasteiger charge is 2.53. The first-order valence-electron chi connectivity index (χ1n) is 11.2. The van der Waals surface area contributed by atoms with Crippen LogP contribution in [0, 0.1) is 0 Å². The number of nitrogens with one attached hydrogen (secondary N) is 2. The molecule has 0 radical (unpaired) electrons. The van der Waals surface area contributed by atoms with Gasteiger partial charge >= 0.3 is 0 Å². The Kier molecular flexibility index (Phi) is 3.67. The molecule has 2 aliphatic carbocycles. The Labute approximate surface area is 182 Å². The van der Waals surface area contributed by atoms with Crippen molar-refractivity contribution in [2.75, 3.05) is 5.32 Å². The number of rotatable bonds is 3. The SMILES string of the molecule is CC(C)(C)c1cc2cc(NC(=O)C3(c4ccc5c(c4)OC4(CCC4)O5)CC3)ccc2[nH]1.